The quantitative estimate of drug-likeness (QED) is 0.441. The third-order valence-electron chi connectivity index (χ3n) is 7.56. The summed E-state index contributed by atoms with van der Waals surface area (Å²) in [4.78, 5) is 25.9. The van der Waals surface area contributed by atoms with Crippen molar-refractivity contribution < 1.29 is 4.79 Å². The highest BCUT2D eigenvalue weighted by atomic mass is 35.5. The molecule has 1 saturated heterocycles. The second-order valence-electron chi connectivity index (χ2n) is 9.76. The van der Waals surface area contributed by atoms with Gasteiger partial charge in [0.25, 0.3) is 0 Å². The van der Waals surface area contributed by atoms with Crippen LogP contribution in [-0.2, 0) is 13.0 Å². The predicted molar refractivity (Wildman–Crippen MR) is 144 cm³/mol. The summed E-state index contributed by atoms with van der Waals surface area (Å²) in [5.41, 5.74) is 6.80. The molecule has 1 atom stereocenters. The van der Waals surface area contributed by atoms with Crippen molar-refractivity contribution in [1.29, 1.82) is 0 Å². The number of aromatic nitrogens is 2. The molecule has 36 heavy (non-hydrogen) atoms. The summed E-state index contributed by atoms with van der Waals surface area (Å²) in [5, 5.41) is 3.98. The minimum absolute atomic E-state index is 0.0804. The van der Waals surface area contributed by atoms with Crippen LogP contribution in [0.3, 0.4) is 0 Å². The number of fused-ring (bicyclic) bond motifs is 1. The van der Waals surface area contributed by atoms with Crippen LogP contribution in [0.5, 0.6) is 0 Å². The molecule has 0 bridgehead atoms. The van der Waals surface area contributed by atoms with E-state index < -0.39 is 0 Å². The molecular weight excluding hydrogens is 493 g/mol. The van der Waals surface area contributed by atoms with Crippen LogP contribution in [0.2, 0.25) is 10.0 Å². The van der Waals surface area contributed by atoms with E-state index in [0.717, 1.165) is 61.3 Å². The van der Waals surface area contributed by atoms with Crippen molar-refractivity contribution in [3.05, 3.63) is 81.2 Å². The van der Waals surface area contributed by atoms with Crippen molar-refractivity contribution in [2.24, 2.45) is 0 Å². The van der Waals surface area contributed by atoms with Gasteiger partial charge in [0.1, 0.15) is 6.33 Å². The van der Waals surface area contributed by atoms with E-state index in [1.165, 1.54) is 11.1 Å². The molecule has 1 N–H and O–H groups in total. The Labute approximate surface area is 222 Å². The Kier molecular flexibility index (Phi) is 7.47. The van der Waals surface area contributed by atoms with Crippen LogP contribution in [0.15, 0.2) is 48.8 Å². The molecule has 1 fully saturated rings. The molecule has 2 aromatic carbocycles. The first kappa shape index (κ1) is 25.0. The Morgan fingerprint density at radius 3 is 2.69 bits per heavy atom. The lowest BCUT2D eigenvalue weighted by atomic mass is 9.98. The third-order valence-corrected chi connectivity index (χ3v) is 8.42. The molecule has 2 aliphatic rings. The van der Waals surface area contributed by atoms with Gasteiger partial charge in [0.2, 0.25) is 0 Å². The number of urea groups is 1. The maximum absolute atomic E-state index is 12.8. The van der Waals surface area contributed by atoms with Gasteiger partial charge >= 0.3 is 6.03 Å². The summed E-state index contributed by atoms with van der Waals surface area (Å²) >= 11 is 12.3. The van der Waals surface area contributed by atoms with Crippen LogP contribution in [0.1, 0.15) is 47.7 Å². The summed E-state index contributed by atoms with van der Waals surface area (Å²) in [6, 6.07) is 14.9. The van der Waals surface area contributed by atoms with Gasteiger partial charge in [-0.25, -0.2) is 14.8 Å². The average Bonchev–Trinajstić information content (AvgIpc) is 3.32. The van der Waals surface area contributed by atoms with Crippen LogP contribution in [0.4, 0.5) is 4.79 Å². The summed E-state index contributed by atoms with van der Waals surface area (Å²) in [6.07, 6.45) is 5.79. The van der Waals surface area contributed by atoms with Crippen LogP contribution >= 0.6 is 23.2 Å². The van der Waals surface area contributed by atoms with E-state index in [4.69, 9.17) is 23.2 Å². The number of hydrogen-bond acceptors (Lipinski definition) is 4. The Bertz CT molecular complexity index is 1260. The maximum Gasteiger partial charge on any atom is 0.317 e. The number of carbonyl (C=O) groups is 1. The average molecular weight is 524 g/mol. The van der Waals surface area contributed by atoms with Crippen molar-refractivity contribution in [1.82, 2.24) is 25.1 Å². The number of piperidine rings is 1. The first-order valence-electron chi connectivity index (χ1n) is 12.5. The number of benzene rings is 2. The van der Waals surface area contributed by atoms with Crippen molar-refractivity contribution in [2.75, 3.05) is 20.1 Å². The first-order valence-corrected chi connectivity index (χ1v) is 13.3. The van der Waals surface area contributed by atoms with E-state index >= 15 is 0 Å². The van der Waals surface area contributed by atoms with Gasteiger partial charge in [0, 0.05) is 50.0 Å². The lowest BCUT2D eigenvalue weighted by molar-refractivity contribution is 0.106. The highest BCUT2D eigenvalue weighted by Crippen LogP contribution is 2.39. The fourth-order valence-corrected chi connectivity index (χ4v) is 5.86. The lowest BCUT2D eigenvalue weighted by Crippen LogP contribution is -2.49. The number of likely N-dealkylation sites (tertiary alicyclic amines) is 1. The monoisotopic (exact) mass is 523 g/mol. The van der Waals surface area contributed by atoms with E-state index in [9.17, 15) is 4.79 Å². The molecule has 2 amide bonds. The lowest BCUT2D eigenvalue weighted by Gasteiger charge is -2.39. The molecule has 3 aromatic rings. The fourth-order valence-electron chi connectivity index (χ4n) is 5.48. The highest BCUT2D eigenvalue weighted by Gasteiger charge is 2.33. The Morgan fingerprint density at radius 2 is 1.92 bits per heavy atom. The van der Waals surface area contributed by atoms with Gasteiger partial charge < -0.3 is 10.2 Å². The predicted octanol–water partition coefficient (Wildman–Crippen LogP) is 6.05. The molecule has 1 aromatic heterocycles. The summed E-state index contributed by atoms with van der Waals surface area (Å²) in [5.74, 6) is 0. The Hall–Kier alpha value is -2.67. The van der Waals surface area contributed by atoms with Gasteiger partial charge in [-0.3, -0.25) is 4.90 Å². The number of amides is 2. The van der Waals surface area contributed by atoms with Gasteiger partial charge in [-0.05, 0) is 67.5 Å². The van der Waals surface area contributed by atoms with Crippen molar-refractivity contribution >= 4 is 29.2 Å². The number of rotatable bonds is 5. The number of hydrogen-bond donors (Lipinski definition) is 1. The van der Waals surface area contributed by atoms with Crippen molar-refractivity contribution in [2.45, 2.75) is 51.2 Å². The molecular formula is C28H31Cl2N5O. The normalized spacial score (nSPS) is 18.2. The van der Waals surface area contributed by atoms with Crippen LogP contribution < -0.4 is 5.32 Å². The number of nitrogens with zero attached hydrogens (tertiary/aromatic N) is 4. The van der Waals surface area contributed by atoms with Crippen molar-refractivity contribution in [3.8, 4) is 11.3 Å². The standard InChI is InChI=1S/C28H31Cl2N5O/c1-18-14-25(33-17-32-18)20-6-8-23-19(15-20)7-9-26(23)35-12-10-22(11-13-35)34(2)28(36)31-16-21-4-3-5-24(29)27(21)30/h3-6,8,14-15,17,22,26H,7,9-13,16H2,1-2H3,(H,31,36). The SMILES string of the molecule is Cc1cc(-c2ccc3c(c2)CCC3N2CCC(N(C)C(=O)NCc3cccc(Cl)c3Cl)CC2)ncn1. The summed E-state index contributed by atoms with van der Waals surface area (Å²) in [7, 11) is 1.89. The van der Waals surface area contributed by atoms with Gasteiger partial charge in [0.05, 0.1) is 15.7 Å². The Morgan fingerprint density at radius 1 is 1.11 bits per heavy atom. The van der Waals surface area contributed by atoms with Crippen LogP contribution in [0, 0.1) is 6.92 Å². The molecule has 8 heteroatoms. The van der Waals surface area contributed by atoms with Gasteiger partial charge in [-0.15, -0.1) is 0 Å². The molecule has 5 rings (SSSR count). The minimum Gasteiger partial charge on any atom is -0.334 e. The van der Waals surface area contributed by atoms with E-state index in [-0.39, 0.29) is 12.1 Å². The minimum atomic E-state index is -0.0804. The third kappa shape index (κ3) is 5.22. The second kappa shape index (κ2) is 10.8. The molecule has 1 aliphatic carbocycles. The highest BCUT2D eigenvalue weighted by molar-refractivity contribution is 6.42. The summed E-state index contributed by atoms with van der Waals surface area (Å²) in [6.45, 7) is 4.32. The molecule has 1 aliphatic heterocycles. The topological polar surface area (TPSA) is 61.4 Å². The largest absolute Gasteiger partial charge is 0.334 e. The summed E-state index contributed by atoms with van der Waals surface area (Å²) < 4.78 is 0. The Balaban J connectivity index is 1.16. The van der Waals surface area contributed by atoms with Gasteiger partial charge in [0.15, 0.2) is 0 Å². The van der Waals surface area contributed by atoms with Gasteiger partial charge in [-0.2, -0.15) is 0 Å². The molecule has 0 saturated carbocycles. The van der Waals surface area contributed by atoms with Gasteiger partial charge in [-0.1, -0.05) is 47.5 Å². The molecule has 1 unspecified atom stereocenters. The fraction of sp³-hybridized carbons (Fsp3) is 0.393. The molecule has 2 heterocycles. The smallest absolute Gasteiger partial charge is 0.317 e. The zero-order valence-electron chi connectivity index (χ0n) is 20.7. The number of carbonyl (C=O) groups excluding carboxylic acids is 1. The molecule has 6 nitrogen and oxygen atoms in total. The zero-order chi connectivity index (χ0) is 25.2. The van der Waals surface area contributed by atoms with E-state index in [1.54, 1.807) is 12.4 Å². The van der Waals surface area contributed by atoms with E-state index in [0.29, 0.717) is 22.6 Å². The number of aryl methyl sites for hydroxylation is 2. The molecule has 188 valence electrons. The second-order valence-corrected chi connectivity index (χ2v) is 10.5. The maximum atomic E-state index is 12.8. The number of halogens is 2. The molecule has 0 radical (unpaired) electrons. The van der Waals surface area contributed by atoms with Crippen LogP contribution in [0.25, 0.3) is 11.3 Å². The van der Waals surface area contributed by atoms with E-state index in [1.807, 2.05) is 37.1 Å². The first-order chi connectivity index (χ1) is 17.4. The van der Waals surface area contributed by atoms with E-state index in [2.05, 4.69) is 38.4 Å². The molecule has 0 spiro atoms. The van der Waals surface area contributed by atoms with Crippen LogP contribution in [-0.4, -0.2) is 52.0 Å². The number of nitrogens with one attached hydrogen (secondary N) is 1. The van der Waals surface area contributed by atoms with Crippen molar-refractivity contribution in [3.63, 3.8) is 0 Å². The zero-order valence-corrected chi connectivity index (χ0v) is 22.2.